The van der Waals surface area contributed by atoms with Gasteiger partial charge in [0.2, 0.25) is 0 Å². The number of benzene rings is 1. The van der Waals surface area contributed by atoms with Crippen LogP contribution in [0, 0.1) is 16.0 Å². The van der Waals surface area contributed by atoms with Gasteiger partial charge in [-0.3, -0.25) is 10.1 Å². The molecule has 1 aromatic rings. The summed E-state index contributed by atoms with van der Waals surface area (Å²) >= 11 is 0. The van der Waals surface area contributed by atoms with E-state index in [0.29, 0.717) is 19.6 Å². The molecule has 0 bridgehead atoms. The Morgan fingerprint density at radius 1 is 1.55 bits per heavy atom. The first-order chi connectivity index (χ1) is 9.61. The number of hydrogen-bond acceptors (Lipinski definition) is 6. The summed E-state index contributed by atoms with van der Waals surface area (Å²) < 4.78 is 4.96. The minimum Gasteiger partial charge on any atom is -0.490 e. The molecule has 1 aromatic carbocycles. The summed E-state index contributed by atoms with van der Waals surface area (Å²) in [6, 6.07) is 4.90. The molecule has 2 atom stereocenters. The van der Waals surface area contributed by atoms with Gasteiger partial charge in [0.05, 0.1) is 18.1 Å². The van der Waals surface area contributed by atoms with Crippen LogP contribution in [0.1, 0.15) is 5.56 Å². The molecule has 0 amide bonds. The Balaban J connectivity index is 1.92. The maximum Gasteiger partial charge on any atom is 0.311 e. The first kappa shape index (κ1) is 14.7. The molecule has 1 aliphatic heterocycles. The Hall–Kier alpha value is -1.70. The topological polar surface area (TPSA) is 96.7 Å². The lowest BCUT2D eigenvalue weighted by Gasteiger charge is -2.14. The Labute approximate surface area is 117 Å². The van der Waals surface area contributed by atoms with Gasteiger partial charge in [-0.05, 0) is 11.6 Å². The third-order valence-corrected chi connectivity index (χ3v) is 3.48. The van der Waals surface area contributed by atoms with Crippen LogP contribution in [0.4, 0.5) is 5.69 Å². The number of nitrogens with zero attached hydrogens (tertiary/aromatic N) is 1. The van der Waals surface area contributed by atoms with Crippen molar-refractivity contribution >= 4 is 5.69 Å². The lowest BCUT2D eigenvalue weighted by atomic mass is 10.1. The van der Waals surface area contributed by atoms with E-state index < -0.39 is 4.92 Å². The van der Waals surface area contributed by atoms with Crippen LogP contribution in [-0.4, -0.2) is 42.9 Å². The molecule has 7 nitrogen and oxygen atoms in total. The number of rotatable bonds is 6. The number of hydrogen-bond donors (Lipinski definition) is 3. The number of nitrogens with one attached hydrogen (secondary N) is 2. The third kappa shape index (κ3) is 3.44. The standard InChI is InChI=1S/C13H19N3O4/c1-20-13-3-2-9(4-11(13)16(18)19)5-14-6-10-7-15-8-12(10)17/h2-4,10,12,14-15,17H,5-8H2,1H3. The van der Waals surface area contributed by atoms with Crippen molar-refractivity contribution in [2.24, 2.45) is 5.92 Å². The summed E-state index contributed by atoms with van der Waals surface area (Å²) in [7, 11) is 1.41. The van der Waals surface area contributed by atoms with Crippen LogP contribution >= 0.6 is 0 Å². The van der Waals surface area contributed by atoms with Crippen LogP contribution in [0.15, 0.2) is 18.2 Å². The van der Waals surface area contributed by atoms with E-state index in [2.05, 4.69) is 10.6 Å². The lowest BCUT2D eigenvalue weighted by molar-refractivity contribution is -0.385. The molecular formula is C13H19N3O4. The Morgan fingerprint density at radius 2 is 2.35 bits per heavy atom. The highest BCUT2D eigenvalue weighted by atomic mass is 16.6. The molecule has 110 valence electrons. The summed E-state index contributed by atoms with van der Waals surface area (Å²) in [5, 5.41) is 26.9. The first-order valence-electron chi connectivity index (χ1n) is 6.52. The van der Waals surface area contributed by atoms with Crippen molar-refractivity contribution in [2.75, 3.05) is 26.7 Å². The monoisotopic (exact) mass is 281 g/mol. The predicted molar refractivity (Wildman–Crippen MR) is 73.7 cm³/mol. The molecule has 1 fully saturated rings. The van der Waals surface area contributed by atoms with Crippen molar-refractivity contribution in [1.82, 2.24) is 10.6 Å². The van der Waals surface area contributed by atoms with E-state index in [1.807, 2.05) is 0 Å². The van der Waals surface area contributed by atoms with Gasteiger partial charge >= 0.3 is 5.69 Å². The van der Waals surface area contributed by atoms with E-state index >= 15 is 0 Å². The normalized spacial score (nSPS) is 21.9. The summed E-state index contributed by atoms with van der Waals surface area (Å²) in [5.41, 5.74) is 0.785. The van der Waals surface area contributed by atoms with Gasteiger partial charge in [0.15, 0.2) is 5.75 Å². The molecule has 0 spiro atoms. The molecule has 1 heterocycles. The fraction of sp³-hybridized carbons (Fsp3) is 0.538. The van der Waals surface area contributed by atoms with Crippen molar-refractivity contribution in [2.45, 2.75) is 12.6 Å². The van der Waals surface area contributed by atoms with Crippen molar-refractivity contribution in [3.05, 3.63) is 33.9 Å². The highest BCUT2D eigenvalue weighted by Crippen LogP contribution is 2.27. The van der Waals surface area contributed by atoms with Gasteiger partial charge in [-0.1, -0.05) is 6.07 Å². The number of nitro benzene ring substituents is 1. The Morgan fingerprint density at radius 3 is 2.95 bits per heavy atom. The molecule has 2 unspecified atom stereocenters. The maximum atomic E-state index is 10.9. The minimum atomic E-state index is -0.451. The van der Waals surface area contributed by atoms with Crippen molar-refractivity contribution in [1.29, 1.82) is 0 Å². The fourth-order valence-electron chi connectivity index (χ4n) is 2.32. The molecule has 20 heavy (non-hydrogen) atoms. The van der Waals surface area contributed by atoms with Gasteiger partial charge in [0, 0.05) is 38.2 Å². The smallest absolute Gasteiger partial charge is 0.311 e. The van der Waals surface area contributed by atoms with E-state index in [-0.39, 0.29) is 23.5 Å². The fourth-order valence-corrected chi connectivity index (χ4v) is 2.32. The second kappa shape index (κ2) is 6.65. The molecule has 7 heteroatoms. The van der Waals surface area contributed by atoms with Crippen LogP contribution in [-0.2, 0) is 6.54 Å². The van der Waals surface area contributed by atoms with Gasteiger partial charge in [0.1, 0.15) is 0 Å². The average molecular weight is 281 g/mol. The quantitative estimate of drug-likeness (QED) is 0.512. The van der Waals surface area contributed by atoms with Crippen molar-refractivity contribution in [3.8, 4) is 5.75 Å². The van der Waals surface area contributed by atoms with E-state index in [1.165, 1.54) is 13.2 Å². The lowest BCUT2D eigenvalue weighted by Crippen LogP contribution is -2.30. The highest BCUT2D eigenvalue weighted by Gasteiger charge is 2.24. The SMILES string of the molecule is COc1ccc(CNCC2CNCC2O)cc1[N+](=O)[O-]. The maximum absolute atomic E-state index is 10.9. The largest absolute Gasteiger partial charge is 0.490 e. The zero-order valence-electron chi connectivity index (χ0n) is 11.3. The zero-order chi connectivity index (χ0) is 14.5. The van der Waals surface area contributed by atoms with Crippen LogP contribution < -0.4 is 15.4 Å². The van der Waals surface area contributed by atoms with Crippen LogP contribution in [0.25, 0.3) is 0 Å². The average Bonchev–Trinajstić information content (AvgIpc) is 2.84. The second-order valence-electron chi connectivity index (χ2n) is 4.88. The highest BCUT2D eigenvalue weighted by molar-refractivity contribution is 5.48. The zero-order valence-corrected chi connectivity index (χ0v) is 11.3. The molecule has 0 saturated carbocycles. The van der Waals surface area contributed by atoms with E-state index in [4.69, 9.17) is 4.74 Å². The van der Waals surface area contributed by atoms with E-state index in [1.54, 1.807) is 12.1 Å². The third-order valence-electron chi connectivity index (χ3n) is 3.48. The molecule has 3 N–H and O–H groups in total. The number of aliphatic hydroxyl groups excluding tert-OH is 1. The van der Waals surface area contributed by atoms with E-state index in [0.717, 1.165) is 12.1 Å². The van der Waals surface area contributed by atoms with Gasteiger partial charge in [-0.25, -0.2) is 0 Å². The number of β-amino-alcohol motifs (C(OH)–C–C–N with tert-alkyl or cyclic N) is 1. The first-order valence-corrected chi connectivity index (χ1v) is 6.52. The number of nitro groups is 1. The predicted octanol–water partition coefficient (Wildman–Crippen LogP) is 0.273. The summed E-state index contributed by atoms with van der Waals surface area (Å²) in [4.78, 5) is 10.5. The number of methoxy groups -OCH3 is 1. The van der Waals surface area contributed by atoms with Gasteiger partial charge < -0.3 is 20.5 Å². The van der Waals surface area contributed by atoms with Gasteiger partial charge in [-0.2, -0.15) is 0 Å². The number of aliphatic hydroxyl groups is 1. The summed E-state index contributed by atoms with van der Waals surface area (Å²) in [6.07, 6.45) is -0.326. The minimum absolute atomic E-state index is 0.0330. The molecule has 0 aromatic heterocycles. The summed E-state index contributed by atoms with van der Waals surface area (Å²) in [6.45, 7) is 2.61. The Bertz CT molecular complexity index is 481. The van der Waals surface area contributed by atoms with Crippen molar-refractivity contribution in [3.63, 3.8) is 0 Å². The summed E-state index contributed by atoms with van der Waals surface area (Å²) in [5.74, 6) is 0.442. The number of ether oxygens (including phenoxy) is 1. The van der Waals surface area contributed by atoms with Crippen molar-refractivity contribution < 1.29 is 14.8 Å². The Kier molecular flexibility index (Phi) is 4.89. The van der Waals surface area contributed by atoms with Gasteiger partial charge in [-0.15, -0.1) is 0 Å². The van der Waals surface area contributed by atoms with Crippen LogP contribution in [0.2, 0.25) is 0 Å². The molecule has 0 aliphatic carbocycles. The molecular weight excluding hydrogens is 262 g/mol. The van der Waals surface area contributed by atoms with Gasteiger partial charge in [0.25, 0.3) is 0 Å². The molecule has 1 saturated heterocycles. The molecule has 2 rings (SSSR count). The van der Waals surface area contributed by atoms with E-state index in [9.17, 15) is 15.2 Å². The van der Waals surface area contributed by atoms with Crippen LogP contribution in [0.3, 0.4) is 0 Å². The van der Waals surface area contributed by atoms with Crippen LogP contribution in [0.5, 0.6) is 5.75 Å². The second-order valence-corrected chi connectivity index (χ2v) is 4.88. The molecule has 1 aliphatic rings. The molecule has 0 radical (unpaired) electrons.